The van der Waals surface area contributed by atoms with E-state index >= 15 is 0 Å². The lowest BCUT2D eigenvalue weighted by Crippen LogP contribution is -2.27. The molecule has 0 aromatic heterocycles. The van der Waals surface area contributed by atoms with Gasteiger partial charge in [-0.1, -0.05) is 0 Å². The van der Waals surface area contributed by atoms with Gasteiger partial charge in [-0.25, -0.2) is 13.1 Å². The summed E-state index contributed by atoms with van der Waals surface area (Å²) in [4.78, 5) is 0.158. The molecule has 0 heterocycles. The maximum absolute atomic E-state index is 11.8. The SMILES string of the molecule is COCCNS(=O)(=O)c1ccc(C#N)c(C)c1. The van der Waals surface area contributed by atoms with Crippen LogP contribution < -0.4 is 4.72 Å². The second kappa shape index (κ2) is 5.77. The zero-order chi connectivity index (χ0) is 12.9. The zero-order valence-corrected chi connectivity index (χ0v) is 10.5. The summed E-state index contributed by atoms with van der Waals surface area (Å²) in [6.07, 6.45) is 0. The van der Waals surface area contributed by atoms with Crippen molar-refractivity contribution in [2.75, 3.05) is 20.3 Å². The second-order valence-corrected chi connectivity index (χ2v) is 5.25. The van der Waals surface area contributed by atoms with Crippen molar-refractivity contribution >= 4 is 10.0 Å². The van der Waals surface area contributed by atoms with E-state index in [4.69, 9.17) is 10.00 Å². The minimum atomic E-state index is -3.52. The number of nitrogens with one attached hydrogen (secondary N) is 1. The number of nitrogens with zero attached hydrogens (tertiary/aromatic N) is 1. The third kappa shape index (κ3) is 3.53. The Kier molecular flexibility index (Phi) is 4.63. The minimum absolute atomic E-state index is 0.158. The number of methoxy groups -OCH3 is 1. The van der Waals surface area contributed by atoms with Crippen LogP contribution in [-0.2, 0) is 14.8 Å². The number of rotatable bonds is 5. The molecule has 0 saturated carbocycles. The van der Waals surface area contributed by atoms with Crippen molar-refractivity contribution in [1.82, 2.24) is 4.72 Å². The van der Waals surface area contributed by atoms with E-state index in [0.717, 1.165) is 0 Å². The van der Waals surface area contributed by atoms with E-state index in [0.29, 0.717) is 17.7 Å². The Morgan fingerprint density at radius 1 is 1.47 bits per heavy atom. The first-order valence-corrected chi connectivity index (χ1v) is 6.49. The third-order valence-corrected chi connectivity index (χ3v) is 3.69. The molecule has 0 amide bonds. The lowest BCUT2D eigenvalue weighted by molar-refractivity contribution is 0.204. The average molecular weight is 254 g/mol. The lowest BCUT2D eigenvalue weighted by atomic mass is 10.1. The van der Waals surface area contributed by atoms with E-state index in [2.05, 4.69) is 4.72 Å². The molecule has 1 rings (SSSR count). The molecular formula is C11H14N2O3S. The molecule has 0 aliphatic rings. The molecule has 17 heavy (non-hydrogen) atoms. The molecule has 0 fully saturated rings. The Morgan fingerprint density at radius 2 is 2.18 bits per heavy atom. The van der Waals surface area contributed by atoms with Crippen LogP contribution in [0.5, 0.6) is 0 Å². The van der Waals surface area contributed by atoms with Gasteiger partial charge in [0, 0.05) is 13.7 Å². The number of hydrogen-bond acceptors (Lipinski definition) is 4. The topological polar surface area (TPSA) is 79.2 Å². The van der Waals surface area contributed by atoms with Gasteiger partial charge in [0.1, 0.15) is 0 Å². The molecule has 0 saturated heterocycles. The Morgan fingerprint density at radius 3 is 2.71 bits per heavy atom. The highest BCUT2D eigenvalue weighted by molar-refractivity contribution is 7.89. The molecule has 92 valence electrons. The van der Waals surface area contributed by atoms with Crippen LogP contribution in [0.3, 0.4) is 0 Å². The highest BCUT2D eigenvalue weighted by atomic mass is 32.2. The smallest absolute Gasteiger partial charge is 0.240 e. The summed E-state index contributed by atoms with van der Waals surface area (Å²) < 4.78 is 30.8. The predicted molar refractivity (Wildman–Crippen MR) is 63.0 cm³/mol. The van der Waals surface area contributed by atoms with Crippen LogP contribution in [-0.4, -0.2) is 28.7 Å². The monoisotopic (exact) mass is 254 g/mol. The molecule has 0 bridgehead atoms. The highest BCUT2D eigenvalue weighted by Gasteiger charge is 2.14. The number of hydrogen-bond donors (Lipinski definition) is 1. The summed E-state index contributed by atoms with van der Waals surface area (Å²) >= 11 is 0. The maximum atomic E-state index is 11.8. The van der Waals surface area contributed by atoms with E-state index < -0.39 is 10.0 Å². The normalized spacial score (nSPS) is 11.1. The number of benzene rings is 1. The largest absolute Gasteiger partial charge is 0.383 e. The van der Waals surface area contributed by atoms with Gasteiger partial charge in [-0.05, 0) is 30.7 Å². The molecule has 5 nitrogen and oxygen atoms in total. The van der Waals surface area contributed by atoms with Gasteiger partial charge in [0.2, 0.25) is 10.0 Å². The first kappa shape index (κ1) is 13.6. The van der Waals surface area contributed by atoms with Crippen molar-refractivity contribution in [3.05, 3.63) is 29.3 Å². The van der Waals surface area contributed by atoms with Crippen LogP contribution in [0.15, 0.2) is 23.1 Å². The summed E-state index contributed by atoms with van der Waals surface area (Å²) in [6.45, 7) is 2.24. The number of aryl methyl sites for hydroxylation is 1. The van der Waals surface area contributed by atoms with Gasteiger partial charge in [0.05, 0.1) is 23.1 Å². The molecule has 1 N–H and O–H groups in total. The van der Waals surface area contributed by atoms with Gasteiger partial charge in [-0.15, -0.1) is 0 Å². The van der Waals surface area contributed by atoms with Gasteiger partial charge in [0.15, 0.2) is 0 Å². The van der Waals surface area contributed by atoms with E-state index in [1.165, 1.54) is 25.3 Å². The van der Waals surface area contributed by atoms with Crippen LogP contribution in [0.1, 0.15) is 11.1 Å². The van der Waals surface area contributed by atoms with E-state index in [-0.39, 0.29) is 11.4 Å². The first-order chi connectivity index (χ1) is 8.01. The minimum Gasteiger partial charge on any atom is -0.383 e. The molecule has 0 radical (unpaired) electrons. The quantitative estimate of drug-likeness (QED) is 0.788. The zero-order valence-electron chi connectivity index (χ0n) is 9.73. The van der Waals surface area contributed by atoms with E-state index in [9.17, 15) is 8.42 Å². The van der Waals surface area contributed by atoms with Gasteiger partial charge in [0.25, 0.3) is 0 Å². The summed E-state index contributed by atoms with van der Waals surface area (Å²) in [7, 11) is -2.02. The van der Waals surface area contributed by atoms with Crippen molar-refractivity contribution in [2.24, 2.45) is 0 Å². The fourth-order valence-electron chi connectivity index (χ4n) is 1.29. The van der Waals surface area contributed by atoms with Crippen LogP contribution in [0, 0.1) is 18.3 Å². The third-order valence-electron chi connectivity index (χ3n) is 2.23. The summed E-state index contributed by atoms with van der Waals surface area (Å²) in [5, 5.41) is 8.75. The van der Waals surface area contributed by atoms with E-state index in [1.807, 2.05) is 6.07 Å². The van der Waals surface area contributed by atoms with Gasteiger partial charge < -0.3 is 4.74 Å². The number of nitriles is 1. The molecule has 1 aromatic rings. The Balaban J connectivity index is 2.93. The average Bonchev–Trinajstić information content (AvgIpc) is 2.29. The highest BCUT2D eigenvalue weighted by Crippen LogP contribution is 2.14. The van der Waals surface area contributed by atoms with Crippen LogP contribution in [0.2, 0.25) is 0 Å². The standard InChI is InChI=1S/C11H14N2O3S/c1-9-7-11(4-3-10(9)8-12)17(14,15)13-5-6-16-2/h3-4,7,13H,5-6H2,1-2H3. The van der Waals surface area contributed by atoms with Crippen LogP contribution in [0.25, 0.3) is 0 Å². The number of ether oxygens (including phenoxy) is 1. The van der Waals surface area contributed by atoms with Crippen molar-refractivity contribution in [2.45, 2.75) is 11.8 Å². The molecule has 1 aromatic carbocycles. The predicted octanol–water partition coefficient (Wildman–Crippen LogP) is 0.791. The van der Waals surface area contributed by atoms with Crippen molar-refractivity contribution < 1.29 is 13.2 Å². The molecule has 0 atom stereocenters. The second-order valence-electron chi connectivity index (χ2n) is 3.48. The molecule has 0 aliphatic heterocycles. The first-order valence-electron chi connectivity index (χ1n) is 5.00. The molecule has 0 aliphatic carbocycles. The summed E-state index contributed by atoms with van der Waals surface area (Å²) in [5.41, 5.74) is 1.11. The van der Waals surface area contributed by atoms with Crippen molar-refractivity contribution in [3.8, 4) is 6.07 Å². The molecule has 6 heteroatoms. The van der Waals surface area contributed by atoms with Crippen LogP contribution >= 0.6 is 0 Å². The Labute approximate surface area is 101 Å². The van der Waals surface area contributed by atoms with Crippen molar-refractivity contribution in [1.29, 1.82) is 5.26 Å². The summed E-state index contributed by atoms with van der Waals surface area (Å²) in [5.74, 6) is 0. The summed E-state index contributed by atoms with van der Waals surface area (Å²) in [6, 6.07) is 6.39. The van der Waals surface area contributed by atoms with Gasteiger partial charge >= 0.3 is 0 Å². The fraction of sp³-hybridized carbons (Fsp3) is 0.364. The van der Waals surface area contributed by atoms with Gasteiger partial charge in [-0.3, -0.25) is 0 Å². The lowest BCUT2D eigenvalue weighted by Gasteiger charge is -2.07. The fourth-order valence-corrected chi connectivity index (χ4v) is 2.39. The van der Waals surface area contributed by atoms with Gasteiger partial charge in [-0.2, -0.15) is 5.26 Å². The molecule has 0 spiro atoms. The van der Waals surface area contributed by atoms with Crippen molar-refractivity contribution in [3.63, 3.8) is 0 Å². The Hall–Kier alpha value is -1.42. The molecular weight excluding hydrogens is 240 g/mol. The number of sulfonamides is 1. The van der Waals surface area contributed by atoms with Crippen LogP contribution in [0.4, 0.5) is 0 Å². The van der Waals surface area contributed by atoms with E-state index in [1.54, 1.807) is 6.92 Å². The molecule has 0 unspecified atom stereocenters. The maximum Gasteiger partial charge on any atom is 0.240 e. The Bertz CT molecular complexity index is 532.